The number of rotatable bonds is 7. The molecule has 160 valence electrons. The molecule has 0 aromatic heterocycles. The van der Waals surface area contributed by atoms with Gasteiger partial charge in [-0.25, -0.2) is 0 Å². The zero-order valence-corrected chi connectivity index (χ0v) is 17.9. The summed E-state index contributed by atoms with van der Waals surface area (Å²) in [5, 5.41) is 6.84. The molecule has 1 aromatic rings. The van der Waals surface area contributed by atoms with Gasteiger partial charge in [0.05, 0.1) is 14.2 Å². The van der Waals surface area contributed by atoms with E-state index >= 15 is 0 Å². The van der Waals surface area contributed by atoms with E-state index in [0.29, 0.717) is 5.91 Å². The predicted molar refractivity (Wildman–Crippen MR) is 115 cm³/mol. The Balaban J connectivity index is 1.46. The van der Waals surface area contributed by atoms with Crippen LogP contribution in [0.4, 0.5) is 0 Å². The molecule has 1 aliphatic carbocycles. The summed E-state index contributed by atoms with van der Waals surface area (Å²) in [6.07, 6.45) is 6.26. The van der Waals surface area contributed by atoms with Gasteiger partial charge >= 0.3 is 0 Å². The Morgan fingerprint density at radius 3 is 2.69 bits per heavy atom. The molecular formula is C22H34N4O3. The Bertz CT molecular complexity index is 716. The lowest BCUT2D eigenvalue weighted by atomic mass is 10.1. The predicted octanol–water partition coefficient (Wildman–Crippen LogP) is 2.20. The first-order chi connectivity index (χ1) is 14.1. The number of carbonyl (C=O) groups is 1. The smallest absolute Gasteiger partial charge is 0.225 e. The fourth-order valence-electron chi connectivity index (χ4n) is 4.29. The lowest BCUT2D eigenvalue weighted by molar-refractivity contribution is -0.134. The number of aliphatic imine (C=N–C) groups is 1. The van der Waals surface area contributed by atoms with Crippen LogP contribution in [-0.4, -0.2) is 63.7 Å². The lowest BCUT2D eigenvalue weighted by Gasteiger charge is -2.21. The van der Waals surface area contributed by atoms with Crippen LogP contribution >= 0.6 is 0 Å². The summed E-state index contributed by atoms with van der Waals surface area (Å²) in [7, 11) is 5.12. The van der Waals surface area contributed by atoms with Gasteiger partial charge in [-0.3, -0.25) is 9.79 Å². The van der Waals surface area contributed by atoms with Gasteiger partial charge in [-0.15, -0.1) is 0 Å². The fourth-order valence-corrected chi connectivity index (χ4v) is 4.29. The summed E-state index contributed by atoms with van der Waals surface area (Å²) in [6, 6.07) is 6.07. The molecular weight excluding hydrogens is 368 g/mol. The highest BCUT2D eigenvalue weighted by molar-refractivity contribution is 5.81. The number of amides is 1. The van der Waals surface area contributed by atoms with Gasteiger partial charge in [0, 0.05) is 38.6 Å². The van der Waals surface area contributed by atoms with Crippen LogP contribution in [0.15, 0.2) is 23.2 Å². The van der Waals surface area contributed by atoms with Crippen molar-refractivity contribution in [1.29, 1.82) is 0 Å². The van der Waals surface area contributed by atoms with E-state index in [1.165, 1.54) is 12.8 Å². The summed E-state index contributed by atoms with van der Waals surface area (Å²) < 4.78 is 10.8. The maximum Gasteiger partial charge on any atom is 0.225 e. The Labute approximate surface area is 173 Å². The maximum absolute atomic E-state index is 12.6. The Morgan fingerprint density at radius 2 is 2.00 bits per heavy atom. The Hall–Kier alpha value is -2.44. The topological polar surface area (TPSA) is 75.2 Å². The second-order valence-corrected chi connectivity index (χ2v) is 7.82. The number of hydrogen-bond donors (Lipinski definition) is 2. The van der Waals surface area contributed by atoms with Crippen LogP contribution in [0.5, 0.6) is 11.5 Å². The molecule has 0 radical (unpaired) electrons. The van der Waals surface area contributed by atoms with Crippen LogP contribution < -0.4 is 20.1 Å². The molecule has 0 spiro atoms. The zero-order valence-electron chi connectivity index (χ0n) is 17.9. The molecule has 2 fully saturated rings. The Morgan fingerprint density at radius 1 is 1.21 bits per heavy atom. The summed E-state index contributed by atoms with van der Waals surface area (Å²) in [5.74, 6) is 3.05. The van der Waals surface area contributed by atoms with Gasteiger partial charge < -0.3 is 25.0 Å². The number of hydrogen-bond acceptors (Lipinski definition) is 4. The second-order valence-electron chi connectivity index (χ2n) is 7.82. The van der Waals surface area contributed by atoms with Gasteiger partial charge in [0.1, 0.15) is 11.5 Å². The van der Waals surface area contributed by atoms with Gasteiger partial charge in [-0.05, 0) is 49.4 Å². The molecule has 7 nitrogen and oxygen atoms in total. The van der Waals surface area contributed by atoms with Crippen molar-refractivity contribution < 1.29 is 14.3 Å². The summed E-state index contributed by atoms with van der Waals surface area (Å²) >= 11 is 0. The molecule has 29 heavy (non-hydrogen) atoms. The third-order valence-corrected chi connectivity index (χ3v) is 5.94. The van der Waals surface area contributed by atoms with Gasteiger partial charge in [0.15, 0.2) is 5.96 Å². The van der Waals surface area contributed by atoms with Crippen LogP contribution in [-0.2, 0) is 11.2 Å². The number of benzene rings is 1. The standard InChI is InChI=1S/C22H34N4O3/c1-23-22(24-12-10-17-14-19(28-2)8-9-20(17)29-3)25-18-11-13-26(15-18)21(27)16-6-4-5-7-16/h8-9,14,16,18H,4-7,10-13,15H2,1-3H3,(H2,23,24,25). The molecule has 1 aromatic carbocycles. The van der Waals surface area contributed by atoms with E-state index in [1.807, 2.05) is 23.1 Å². The van der Waals surface area contributed by atoms with E-state index in [9.17, 15) is 4.79 Å². The first kappa shape index (κ1) is 21.3. The highest BCUT2D eigenvalue weighted by atomic mass is 16.5. The van der Waals surface area contributed by atoms with Crippen molar-refractivity contribution in [2.75, 3.05) is 40.9 Å². The van der Waals surface area contributed by atoms with Crippen LogP contribution in [0.25, 0.3) is 0 Å². The monoisotopic (exact) mass is 402 g/mol. The average Bonchev–Trinajstić information content (AvgIpc) is 3.44. The number of methoxy groups -OCH3 is 2. The molecule has 1 heterocycles. The summed E-state index contributed by atoms with van der Waals surface area (Å²) in [5.41, 5.74) is 1.09. The van der Waals surface area contributed by atoms with Gasteiger partial charge in [0.2, 0.25) is 5.91 Å². The van der Waals surface area contributed by atoms with E-state index in [1.54, 1.807) is 21.3 Å². The molecule has 1 amide bonds. The van der Waals surface area contributed by atoms with Gasteiger partial charge in [-0.2, -0.15) is 0 Å². The minimum absolute atomic E-state index is 0.248. The third kappa shape index (κ3) is 5.55. The first-order valence-corrected chi connectivity index (χ1v) is 10.6. The zero-order chi connectivity index (χ0) is 20.6. The number of nitrogens with one attached hydrogen (secondary N) is 2. The molecule has 2 N–H and O–H groups in total. The van der Waals surface area contributed by atoms with Crippen molar-refractivity contribution in [2.24, 2.45) is 10.9 Å². The molecule has 1 aliphatic heterocycles. The molecule has 7 heteroatoms. The van der Waals surface area contributed by atoms with E-state index in [0.717, 1.165) is 68.3 Å². The van der Waals surface area contributed by atoms with E-state index in [-0.39, 0.29) is 12.0 Å². The average molecular weight is 403 g/mol. The van der Waals surface area contributed by atoms with E-state index < -0.39 is 0 Å². The summed E-state index contributed by atoms with van der Waals surface area (Å²) in [4.78, 5) is 19.0. The lowest BCUT2D eigenvalue weighted by Crippen LogP contribution is -2.45. The molecule has 3 rings (SSSR count). The van der Waals surface area contributed by atoms with Crippen molar-refractivity contribution in [3.05, 3.63) is 23.8 Å². The quantitative estimate of drug-likeness (QED) is 0.540. The number of nitrogens with zero attached hydrogens (tertiary/aromatic N) is 2. The van der Waals surface area contributed by atoms with Crippen molar-refractivity contribution in [1.82, 2.24) is 15.5 Å². The number of guanidine groups is 1. The minimum Gasteiger partial charge on any atom is -0.497 e. The molecule has 1 saturated heterocycles. The van der Waals surface area contributed by atoms with Crippen LogP contribution in [0.3, 0.4) is 0 Å². The van der Waals surface area contributed by atoms with Crippen molar-refractivity contribution in [3.8, 4) is 11.5 Å². The minimum atomic E-state index is 0.248. The number of carbonyl (C=O) groups excluding carboxylic acids is 1. The number of ether oxygens (including phenoxy) is 2. The van der Waals surface area contributed by atoms with Crippen molar-refractivity contribution in [2.45, 2.75) is 44.6 Å². The Kier molecular flexibility index (Phi) is 7.61. The van der Waals surface area contributed by atoms with Crippen LogP contribution in [0.2, 0.25) is 0 Å². The van der Waals surface area contributed by atoms with E-state index in [4.69, 9.17) is 9.47 Å². The normalized spacial score (nSPS) is 20.0. The SMILES string of the molecule is CN=C(NCCc1cc(OC)ccc1OC)NC1CCN(C(=O)C2CCCC2)C1. The summed E-state index contributed by atoms with van der Waals surface area (Å²) in [6.45, 7) is 2.32. The first-order valence-electron chi connectivity index (χ1n) is 10.6. The molecule has 0 bridgehead atoms. The van der Waals surface area contributed by atoms with Gasteiger partial charge in [0.25, 0.3) is 0 Å². The number of likely N-dealkylation sites (tertiary alicyclic amines) is 1. The molecule has 2 aliphatic rings. The van der Waals surface area contributed by atoms with Crippen LogP contribution in [0.1, 0.15) is 37.7 Å². The highest BCUT2D eigenvalue weighted by Crippen LogP contribution is 2.28. The largest absolute Gasteiger partial charge is 0.497 e. The maximum atomic E-state index is 12.6. The fraction of sp³-hybridized carbons (Fsp3) is 0.636. The molecule has 1 unspecified atom stereocenters. The molecule has 1 atom stereocenters. The van der Waals surface area contributed by atoms with E-state index in [2.05, 4.69) is 15.6 Å². The van der Waals surface area contributed by atoms with Crippen molar-refractivity contribution in [3.63, 3.8) is 0 Å². The highest BCUT2D eigenvalue weighted by Gasteiger charge is 2.32. The van der Waals surface area contributed by atoms with Crippen LogP contribution in [0, 0.1) is 5.92 Å². The second kappa shape index (κ2) is 10.4. The van der Waals surface area contributed by atoms with Crippen molar-refractivity contribution >= 4 is 11.9 Å². The molecule has 1 saturated carbocycles. The third-order valence-electron chi connectivity index (χ3n) is 5.94. The van der Waals surface area contributed by atoms with Gasteiger partial charge in [-0.1, -0.05) is 12.8 Å².